The first-order chi connectivity index (χ1) is 9.61. The number of carbonyl (C=O) groups excluding carboxylic acids is 2. The first-order valence-corrected chi connectivity index (χ1v) is 6.57. The summed E-state index contributed by atoms with van der Waals surface area (Å²) in [5.74, 6) is -0.829. The number of imide groups is 1. The second-order valence-corrected chi connectivity index (χ2v) is 4.30. The summed E-state index contributed by atoms with van der Waals surface area (Å²) in [6, 6.07) is 6.64. The molecular formula is C14H18N2O4. The third-order valence-electron chi connectivity index (χ3n) is 3.06. The van der Waals surface area contributed by atoms with E-state index in [1.165, 1.54) is 0 Å². The van der Waals surface area contributed by atoms with Gasteiger partial charge in [-0.3, -0.25) is 14.5 Å². The fraction of sp³-hybridized carbons (Fsp3) is 0.429. The van der Waals surface area contributed by atoms with Crippen LogP contribution in [-0.4, -0.2) is 42.4 Å². The zero-order valence-corrected chi connectivity index (χ0v) is 11.5. The molecule has 108 valence electrons. The van der Waals surface area contributed by atoms with Gasteiger partial charge < -0.3 is 15.2 Å². The molecule has 1 unspecified atom stereocenters. The van der Waals surface area contributed by atoms with Crippen molar-refractivity contribution in [3.05, 3.63) is 35.4 Å². The van der Waals surface area contributed by atoms with E-state index in [0.717, 1.165) is 4.90 Å². The lowest BCUT2D eigenvalue weighted by Crippen LogP contribution is -2.54. The van der Waals surface area contributed by atoms with Crippen LogP contribution in [0.3, 0.4) is 0 Å². The van der Waals surface area contributed by atoms with Gasteiger partial charge in [0.25, 0.3) is 11.8 Å². The van der Waals surface area contributed by atoms with E-state index in [1.54, 1.807) is 38.1 Å². The number of nitrogens with two attached hydrogens (primary N) is 1. The van der Waals surface area contributed by atoms with E-state index >= 15 is 0 Å². The van der Waals surface area contributed by atoms with Crippen LogP contribution in [0.25, 0.3) is 0 Å². The van der Waals surface area contributed by atoms with Gasteiger partial charge >= 0.3 is 0 Å². The Morgan fingerprint density at radius 1 is 1.05 bits per heavy atom. The summed E-state index contributed by atoms with van der Waals surface area (Å²) in [7, 11) is 0. The van der Waals surface area contributed by atoms with Crippen molar-refractivity contribution in [3.63, 3.8) is 0 Å². The Morgan fingerprint density at radius 3 is 1.90 bits per heavy atom. The molecule has 1 aromatic rings. The molecule has 0 saturated carbocycles. The summed E-state index contributed by atoms with van der Waals surface area (Å²) in [5.41, 5.74) is 6.71. The third-order valence-corrected chi connectivity index (χ3v) is 3.06. The predicted octanol–water partition coefficient (Wildman–Crippen LogP) is 0.967. The fourth-order valence-corrected chi connectivity index (χ4v) is 2.17. The van der Waals surface area contributed by atoms with Gasteiger partial charge in [0.15, 0.2) is 6.29 Å². The summed E-state index contributed by atoms with van der Waals surface area (Å²) < 4.78 is 10.7. The minimum atomic E-state index is -0.970. The Bertz CT molecular complexity index is 477. The first-order valence-electron chi connectivity index (χ1n) is 6.57. The van der Waals surface area contributed by atoms with E-state index < -0.39 is 24.3 Å². The van der Waals surface area contributed by atoms with E-state index in [0.29, 0.717) is 24.3 Å². The molecule has 0 fully saturated rings. The van der Waals surface area contributed by atoms with Crippen LogP contribution in [-0.2, 0) is 9.47 Å². The van der Waals surface area contributed by atoms with Crippen molar-refractivity contribution in [2.24, 2.45) is 5.73 Å². The number of rotatable bonds is 6. The maximum absolute atomic E-state index is 12.3. The fourth-order valence-electron chi connectivity index (χ4n) is 2.17. The molecule has 0 spiro atoms. The Labute approximate surface area is 117 Å². The Morgan fingerprint density at radius 2 is 1.50 bits per heavy atom. The van der Waals surface area contributed by atoms with Gasteiger partial charge in [-0.15, -0.1) is 0 Å². The highest BCUT2D eigenvalue weighted by Gasteiger charge is 2.41. The summed E-state index contributed by atoms with van der Waals surface area (Å²) in [6.07, 6.45) is -1.80. The topological polar surface area (TPSA) is 81.9 Å². The van der Waals surface area contributed by atoms with Crippen molar-refractivity contribution in [3.8, 4) is 0 Å². The molecule has 1 atom stereocenters. The van der Waals surface area contributed by atoms with Gasteiger partial charge in [-0.05, 0) is 26.0 Å². The zero-order chi connectivity index (χ0) is 14.7. The maximum Gasteiger partial charge on any atom is 0.263 e. The highest BCUT2D eigenvalue weighted by atomic mass is 16.7. The van der Waals surface area contributed by atoms with Gasteiger partial charge in [0, 0.05) is 13.2 Å². The summed E-state index contributed by atoms with van der Waals surface area (Å²) in [6.45, 7) is 4.34. The molecule has 2 amide bonds. The van der Waals surface area contributed by atoms with Gasteiger partial charge in [-0.25, -0.2) is 0 Å². The molecule has 0 radical (unpaired) electrons. The number of hydrogen-bond donors (Lipinski definition) is 1. The highest BCUT2D eigenvalue weighted by Crippen LogP contribution is 2.24. The molecule has 1 aliphatic rings. The van der Waals surface area contributed by atoms with Crippen LogP contribution in [0.1, 0.15) is 34.6 Å². The van der Waals surface area contributed by atoms with Gasteiger partial charge in [0.1, 0.15) is 6.17 Å². The van der Waals surface area contributed by atoms with Crippen molar-refractivity contribution in [1.82, 2.24) is 4.90 Å². The number of hydrogen-bond acceptors (Lipinski definition) is 5. The maximum atomic E-state index is 12.3. The number of ether oxygens (including phenoxy) is 2. The monoisotopic (exact) mass is 278 g/mol. The number of nitrogens with zero attached hydrogens (tertiary/aromatic N) is 1. The van der Waals surface area contributed by atoms with Crippen LogP contribution in [0.15, 0.2) is 24.3 Å². The van der Waals surface area contributed by atoms with Gasteiger partial charge in [0.05, 0.1) is 11.1 Å². The van der Waals surface area contributed by atoms with E-state index in [9.17, 15) is 9.59 Å². The first kappa shape index (κ1) is 14.6. The Kier molecular flexibility index (Phi) is 4.49. The van der Waals surface area contributed by atoms with Crippen molar-refractivity contribution in [1.29, 1.82) is 0 Å². The standard InChI is InChI=1S/C14H18N2O4/c1-3-19-14(20-4-2)11(15)16-12(17)9-7-5-6-8-10(9)13(16)18/h5-8,11,14H,3-4,15H2,1-2H3. The average Bonchev–Trinajstić information content (AvgIpc) is 2.71. The molecule has 0 aromatic heterocycles. The summed E-state index contributed by atoms with van der Waals surface area (Å²) in [5, 5.41) is 0. The SMILES string of the molecule is CCOC(OCC)C(N)N1C(=O)c2ccccc2C1=O. The minimum absolute atomic E-state index is 0.361. The normalized spacial score (nSPS) is 15.9. The largest absolute Gasteiger partial charge is 0.350 e. The van der Waals surface area contributed by atoms with Crippen molar-refractivity contribution in [2.75, 3.05) is 13.2 Å². The van der Waals surface area contributed by atoms with E-state index in [2.05, 4.69) is 0 Å². The van der Waals surface area contributed by atoms with E-state index in [1.807, 2.05) is 0 Å². The minimum Gasteiger partial charge on any atom is -0.350 e. The lowest BCUT2D eigenvalue weighted by molar-refractivity contribution is -0.163. The van der Waals surface area contributed by atoms with Gasteiger partial charge in [0.2, 0.25) is 0 Å². The lowest BCUT2D eigenvalue weighted by Gasteiger charge is -2.29. The Balaban J connectivity index is 2.25. The van der Waals surface area contributed by atoms with Crippen LogP contribution in [0.5, 0.6) is 0 Å². The van der Waals surface area contributed by atoms with Crippen LogP contribution in [0.2, 0.25) is 0 Å². The summed E-state index contributed by atoms with van der Waals surface area (Å²) >= 11 is 0. The molecule has 6 heteroatoms. The highest BCUT2D eigenvalue weighted by molar-refractivity contribution is 6.21. The molecule has 1 aliphatic heterocycles. The number of benzene rings is 1. The molecule has 1 aromatic carbocycles. The number of amides is 2. The Hall–Kier alpha value is -1.76. The lowest BCUT2D eigenvalue weighted by atomic mass is 10.1. The molecule has 0 bridgehead atoms. The predicted molar refractivity (Wildman–Crippen MR) is 72.0 cm³/mol. The summed E-state index contributed by atoms with van der Waals surface area (Å²) in [4.78, 5) is 25.6. The molecular weight excluding hydrogens is 260 g/mol. The van der Waals surface area contributed by atoms with Crippen molar-refractivity contribution >= 4 is 11.8 Å². The molecule has 0 saturated heterocycles. The van der Waals surface area contributed by atoms with E-state index in [4.69, 9.17) is 15.2 Å². The van der Waals surface area contributed by atoms with Crippen molar-refractivity contribution < 1.29 is 19.1 Å². The average molecular weight is 278 g/mol. The molecule has 6 nitrogen and oxygen atoms in total. The van der Waals surface area contributed by atoms with Gasteiger partial charge in [-0.1, -0.05) is 12.1 Å². The second kappa shape index (κ2) is 6.13. The van der Waals surface area contributed by atoms with E-state index in [-0.39, 0.29) is 0 Å². The number of fused-ring (bicyclic) bond motifs is 1. The van der Waals surface area contributed by atoms with Gasteiger partial charge in [-0.2, -0.15) is 0 Å². The smallest absolute Gasteiger partial charge is 0.263 e. The zero-order valence-electron chi connectivity index (χ0n) is 11.5. The molecule has 1 heterocycles. The third kappa shape index (κ3) is 2.45. The second-order valence-electron chi connectivity index (χ2n) is 4.30. The number of carbonyl (C=O) groups is 2. The molecule has 20 heavy (non-hydrogen) atoms. The molecule has 2 rings (SSSR count). The van der Waals surface area contributed by atoms with Crippen LogP contribution < -0.4 is 5.73 Å². The van der Waals surface area contributed by atoms with Crippen LogP contribution in [0, 0.1) is 0 Å². The van der Waals surface area contributed by atoms with Crippen molar-refractivity contribution in [2.45, 2.75) is 26.3 Å². The van der Waals surface area contributed by atoms with Crippen LogP contribution >= 0.6 is 0 Å². The molecule has 2 N–H and O–H groups in total. The molecule has 0 aliphatic carbocycles. The quantitative estimate of drug-likeness (QED) is 0.619. The van der Waals surface area contributed by atoms with Crippen LogP contribution in [0.4, 0.5) is 0 Å².